The van der Waals surface area contributed by atoms with Gasteiger partial charge in [-0.05, 0) is 62.7 Å². The zero-order valence-corrected chi connectivity index (χ0v) is 34.8. The van der Waals surface area contributed by atoms with Gasteiger partial charge < -0.3 is 54.6 Å². The molecule has 25 heteroatoms. The second-order valence-electron chi connectivity index (χ2n) is 6.96. The Kier molecular flexibility index (Phi) is 57.9. The van der Waals surface area contributed by atoms with Gasteiger partial charge in [-0.1, -0.05) is 20.0 Å². The van der Waals surface area contributed by atoms with Crippen LogP contribution in [0.25, 0.3) is 26.4 Å². The molecule has 0 fully saturated rings. The molecule has 0 bridgehead atoms. The van der Waals surface area contributed by atoms with Crippen molar-refractivity contribution in [2.24, 2.45) is 10.8 Å². The molecule has 52 heavy (non-hydrogen) atoms. The Morgan fingerprint density at radius 3 is 1.37 bits per heavy atom. The maximum absolute atomic E-state index is 11.1. The maximum atomic E-state index is 11.1. The van der Waals surface area contributed by atoms with Crippen molar-refractivity contribution in [3.63, 3.8) is 0 Å². The number of hydrogen-bond donors (Lipinski definition) is 1. The Labute approximate surface area is 360 Å². The van der Waals surface area contributed by atoms with Gasteiger partial charge in [0.15, 0.2) is 0 Å². The van der Waals surface area contributed by atoms with E-state index in [1.165, 1.54) is 11.0 Å². The van der Waals surface area contributed by atoms with E-state index in [1.54, 1.807) is 51.1 Å². The van der Waals surface area contributed by atoms with Crippen LogP contribution in [0.3, 0.4) is 0 Å². The van der Waals surface area contributed by atoms with Crippen LogP contribution in [0.15, 0.2) is 54.8 Å². The van der Waals surface area contributed by atoms with E-state index in [9.17, 15) is 18.8 Å². The molecule has 3 heterocycles. The monoisotopic (exact) mass is 904 g/mol. The molecule has 288 valence electrons. The average Bonchev–Trinajstić information content (AvgIpc) is 3.88. The van der Waals surface area contributed by atoms with E-state index in [4.69, 9.17) is 76.4 Å². The van der Waals surface area contributed by atoms with Gasteiger partial charge in [-0.15, -0.1) is 11.6 Å². The number of carbonyl (C=O) groups is 3. The third kappa shape index (κ3) is 36.0. The van der Waals surface area contributed by atoms with Gasteiger partial charge in [-0.3, -0.25) is 14.0 Å². The van der Waals surface area contributed by atoms with Crippen molar-refractivity contribution in [2.45, 2.75) is 54.6 Å². The summed E-state index contributed by atoms with van der Waals surface area (Å²) in [4.78, 5) is 37.2. The predicted molar refractivity (Wildman–Crippen MR) is 169 cm³/mol. The summed E-state index contributed by atoms with van der Waals surface area (Å²) in [5, 5.41) is 3.30. The standard InChI is InChI=1S/C8H9ClO3.C8H9N3O3.C8H11NO3.CH3F.2CH4.FH.IO3.N3.2Na.H2/c1-2-11-8(10)7-4-3-6(5-9)12-7;1-2-13-8(12)7-4-3-6(14-7)5-10-11-9;1-2-11-8(10)7-4-3-6(5-9)12-7;1-2;;;;2-1(3)4;1-3-2;;;/h3-4H,2,5H2,1H3;3-4H,2,5H2,1H3;3-4H,2,5,9H2,1H3;1H3;2*1H4;1H;;;;;1H/q;;;;;;;2*-1;2*+1;/i/hD. The summed E-state index contributed by atoms with van der Waals surface area (Å²) in [6, 6.07) is 9.47. The first-order valence-corrected chi connectivity index (χ1v) is 15.8. The number of hydrogen-bond acceptors (Lipinski definition) is 14. The first-order valence-electron chi connectivity index (χ1n) is 13.0. The predicted octanol–water partition coefficient (Wildman–Crippen LogP) is -4.06. The Morgan fingerprint density at radius 2 is 1.12 bits per heavy atom. The first-order chi connectivity index (χ1) is 23.5. The van der Waals surface area contributed by atoms with E-state index < -0.39 is 39.0 Å². The first kappa shape index (κ1) is 64.5. The number of azide groups is 1. The third-order valence-electron chi connectivity index (χ3n) is 4.04. The number of furan rings is 3. The molecule has 0 aromatic carbocycles. The molecule has 0 saturated carbocycles. The molecule has 3 aromatic rings. The molecule has 3 rings (SSSR count). The molecular formula is C27H43ClF2IN7Na2O12. The van der Waals surface area contributed by atoms with E-state index in [0.29, 0.717) is 50.8 Å². The molecule has 0 unspecified atom stereocenters. The summed E-state index contributed by atoms with van der Waals surface area (Å²) in [6.45, 7) is 6.56. The normalized spacial score (nSPS) is 8.12. The summed E-state index contributed by atoms with van der Waals surface area (Å²) in [7, 11) is 0.500. The van der Waals surface area contributed by atoms with Crippen molar-refractivity contribution in [3.8, 4) is 0 Å². The van der Waals surface area contributed by atoms with Crippen LogP contribution in [-0.2, 0) is 33.2 Å². The van der Waals surface area contributed by atoms with E-state index in [1.807, 2.05) is 0 Å². The Hall–Kier alpha value is -2.41. The van der Waals surface area contributed by atoms with Gasteiger partial charge >= 0.3 is 77.0 Å². The number of alkyl halides is 2. The summed E-state index contributed by atoms with van der Waals surface area (Å²) in [6.07, 6.45) is 0. The topological polar surface area (TPSA) is 321 Å². The summed E-state index contributed by atoms with van der Waals surface area (Å²) in [5.74, 6) is 0.966. The van der Waals surface area contributed by atoms with Crippen molar-refractivity contribution < 1.29 is 143 Å². The molecule has 2 N–H and O–H groups in total. The van der Waals surface area contributed by atoms with Crippen LogP contribution in [0.5, 0.6) is 0 Å². The fraction of sp³-hybridized carbons (Fsp3) is 0.444. The van der Waals surface area contributed by atoms with Gasteiger partial charge in [0.05, 0.1) is 46.0 Å². The number of rotatable bonds is 10. The van der Waals surface area contributed by atoms with Gasteiger partial charge in [0.1, 0.15) is 17.3 Å². The largest absolute Gasteiger partial charge is 1.00 e. The van der Waals surface area contributed by atoms with Crippen molar-refractivity contribution in [1.82, 2.24) is 0 Å². The SMILES string of the molecule is C.C.CCOC(=O)c1ccc(CCl)o1.CCOC(=O)c1ccc(CN)o1.CCOC(=O)c1ccc(CN=[N+]=[N-])o1.CF.[2H]F.[HH].[N-]=[N+]=[N-].[Na+].[Na+].[O-][I+2]([O-])[O-]. The van der Waals surface area contributed by atoms with Crippen LogP contribution in [-0.4, -0.2) is 46.4 Å². The molecule has 0 radical (unpaired) electrons. The summed E-state index contributed by atoms with van der Waals surface area (Å²) in [5.41, 5.74) is 26.8. The summed E-state index contributed by atoms with van der Waals surface area (Å²) < 4.78 is 77.5. The molecule has 0 aliphatic carbocycles. The molecule has 19 nitrogen and oxygen atoms in total. The van der Waals surface area contributed by atoms with Crippen molar-refractivity contribution in [1.29, 1.82) is 1.45 Å². The molecule has 0 aliphatic heterocycles. The number of carbonyl (C=O) groups excluding carboxylic acids is 3. The van der Waals surface area contributed by atoms with Crippen LogP contribution in [0.2, 0.25) is 0 Å². The Balaban J connectivity index is -0.0000000681. The second-order valence-corrected chi connectivity index (χ2v) is 8.31. The zero-order valence-electron chi connectivity index (χ0n) is 28.9. The number of ether oxygens (including phenoxy) is 3. The molecule has 0 saturated heterocycles. The van der Waals surface area contributed by atoms with Crippen molar-refractivity contribution >= 4 is 29.5 Å². The number of halogens is 4. The van der Waals surface area contributed by atoms with E-state index in [2.05, 4.69) is 11.5 Å². The molecule has 3 aromatic heterocycles. The van der Waals surface area contributed by atoms with E-state index >= 15 is 0 Å². The van der Waals surface area contributed by atoms with Crippen molar-refractivity contribution in [3.05, 3.63) is 97.4 Å². The van der Waals surface area contributed by atoms with Crippen LogP contribution in [0.4, 0.5) is 9.11 Å². The van der Waals surface area contributed by atoms with Crippen LogP contribution in [0.1, 0.15) is 86.0 Å². The molecule has 0 spiro atoms. The quantitative estimate of drug-likeness (QED) is 0.0296. The van der Waals surface area contributed by atoms with E-state index in [0.717, 1.165) is 0 Å². The summed E-state index contributed by atoms with van der Waals surface area (Å²) >= 11 is 1.46. The average molecular weight is 905 g/mol. The minimum atomic E-state index is -4.01. The minimum absolute atomic E-state index is 0. The maximum Gasteiger partial charge on any atom is 1.00 e. The molecule has 0 amide bonds. The zero-order chi connectivity index (χ0) is 38.6. The molecule has 0 atom stereocenters. The van der Waals surface area contributed by atoms with Crippen LogP contribution < -0.4 is 96.2 Å². The van der Waals surface area contributed by atoms with Gasteiger partial charge in [0, 0.05) is 6.34 Å². The van der Waals surface area contributed by atoms with Gasteiger partial charge in [-0.2, -0.15) is 0 Å². The van der Waals surface area contributed by atoms with Gasteiger partial charge in [0.25, 0.3) is 22.5 Å². The van der Waals surface area contributed by atoms with Gasteiger partial charge in [-0.25, -0.2) is 14.4 Å². The van der Waals surface area contributed by atoms with Crippen molar-refractivity contribution in [2.75, 3.05) is 27.0 Å². The number of esters is 3. The van der Waals surface area contributed by atoms with Crippen LogP contribution in [0, 0.1) is 0 Å². The number of nitrogens with two attached hydrogens (primary N) is 1. The number of nitrogens with zero attached hydrogens (tertiary/aromatic N) is 6. The van der Waals surface area contributed by atoms with Gasteiger partial charge in [0.2, 0.25) is 17.3 Å². The van der Waals surface area contributed by atoms with Crippen LogP contribution >= 0.6 is 11.6 Å². The molecular weight excluding hydrogens is 861 g/mol. The van der Waals surface area contributed by atoms with E-state index in [-0.39, 0.29) is 105 Å². The molecule has 0 aliphatic rings. The Bertz CT molecular complexity index is 1330. The second kappa shape index (κ2) is 46.6. The fourth-order valence-electron chi connectivity index (χ4n) is 2.44. The fourth-order valence-corrected chi connectivity index (χ4v) is 2.58. The smallest absolute Gasteiger partial charge is 0.460 e. The third-order valence-corrected chi connectivity index (χ3v) is 4.30. The Morgan fingerprint density at radius 1 is 0.827 bits per heavy atom. The minimum Gasteiger partial charge on any atom is -0.460 e.